The fourth-order valence-corrected chi connectivity index (χ4v) is 1.97. The Morgan fingerprint density at radius 2 is 1.87 bits per heavy atom. The minimum atomic E-state index is -0.0462. The van der Waals surface area contributed by atoms with Gasteiger partial charge in [-0.1, -0.05) is 30.3 Å². The molecular weight excluding hydrogens is 188 g/mol. The number of hydrogen-bond donors (Lipinski definition) is 1. The van der Waals surface area contributed by atoms with E-state index < -0.39 is 0 Å². The largest absolute Gasteiger partial charge is 0.370 e. The second-order valence-electron chi connectivity index (χ2n) is 3.74. The Kier molecular flexibility index (Phi) is 3.33. The van der Waals surface area contributed by atoms with Crippen LogP contribution >= 0.6 is 0 Å². The van der Waals surface area contributed by atoms with E-state index >= 15 is 0 Å². The molecule has 0 spiro atoms. The maximum Gasteiger partial charge on any atom is 0.200 e. The van der Waals surface area contributed by atoms with Gasteiger partial charge in [-0.3, -0.25) is 0 Å². The van der Waals surface area contributed by atoms with Gasteiger partial charge >= 0.3 is 0 Å². The number of nitriles is 1. The second-order valence-corrected chi connectivity index (χ2v) is 3.74. The monoisotopic (exact) mass is 203 g/mol. The maximum atomic E-state index is 9.22. The van der Waals surface area contributed by atoms with Crippen molar-refractivity contribution in [2.24, 2.45) is 0 Å². The first-order valence-corrected chi connectivity index (χ1v) is 5.28. The minimum absolute atomic E-state index is 0.0462. The topological polar surface area (TPSA) is 37.5 Å². The molecule has 1 saturated heterocycles. The summed E-state index contributed by atoms with van der Waals surface area (Å²) in [5.41, 5.74) is 1.11. The van der Waals surface area contributed by atoms with Gasteiger partial charge in [-0.15, -0.1) is 0 Å². The number of benzene rings is 1. The van der Waals surface area contributed by atoms with Crippen molar-refractivity contribution in [2.75, 3.05) is 26.3 Å². The molecule has 2 rings (SSSR count). The van der Waals surface area contributed by atoms with Crippen LogP contribution in [-0.4, -0.2) is 26.3 Å². The van der Waals surface area contributed by atoms with Gasteiger partial charge in [0.15, 0.2) is 0 Å². The van der Waals surface area contributed by atoms with Crippen molar-refractivity contribution < 1.29 is 9.64 Å². The molecule has 0 unspecified atom stereocenters. The van der Waals surface area contributed by atoms with Crippen LogP contribution in [0.1, 0.15) is 11.6 Å². The molecule has 0 amide bonds. The third kappa shape index (κ3) is 2.35. The average Bonchev–Trinajstić information content (AvgIpc) is 2.33. The van der Waals surface area contributed by atoms with Crippen LogP contribution < -0.4 is 4.90 Å². The van der Waals surface area contributed by atoms with Gasteiger partial charge in [0.05, 0.1) is 13.2 Å². The first-order chi connectivity index (χ1) is 7.42. The van der Waals surface area contributed by atoms with E-state index in [-0.39, 0.29) is 6.04 Å². The van der Waals surface area contributed by atoms with Crippen LogP contribution in [0.25, 0.3) is 0 Å². The zero-order chi connectivity index (χ0) is 10.5. The fraction of sp³-hybridized carbons (Fsp3) is 0.417. The summed E-state index contributed by atoms with van der Waals surface area (Å²) in [6.07, 6.45) is 0. The second kappa shape index (κ2) is 4.92. The Morgan fingerprint density at radius 1 is 1.20 bits per heavy atom. The molecule has 0 aromatic heterocycles. The third-order valence-electron chi connectivity index (χ3n) is 2.81. The van der Waals surface area contributed by atoms with Crippen LogP contribution in [0.5, 0.6) is 0 Å². The highest BCUT2D eigenvalue weighted by Crippen LogP contribution is 2.07. The van der Waals surface area contributed by atoms with E-state index in [2.05, 4.69) is 6.07 Å². The molecule has 1 aliphatic heterocycles. The molecule has 1 aromatic carbocycles. The lowest BCUT2D eigenvalue weighted by Crippen LogP contribution is -3.14. The number of morpholine rings is 1. The lowest BCUT2D eigenvalue weighted by Gasteiger charge is -2.27. The molecule has 0 aliphatic carbocycles. The molecule has 1 fully saturated rings. The SMILES string of the molecule is N#C[C@H](c1ccccc1)[NH+]1CCOCC1. The zero-order valence-electron chi connectivity index (χ0n) is 8.65. The van der Waals surface area contributed by atoms with Gasteiger partial charge < -0.3 is 9.64 Å². The predicted molar refractivity (Wildman–Crippen MR) is 56.3 cm³/mol. The van der Waals surface area contributed by atoms with Gasteiger partial charge in [0, 0.05) is 5.56 Å². The molecule has 1 heterocycles. The van der Waals surface area contributed by atoms with Crippen LogP contribution in [0, 0.1) is 11.3 Å². The summed E-state index contributed by atoms with van der Waals surface area (Å²) in [5.74, 6) is 0. The molecule has 78 valence electrons. The summed E-state index contributed by atoms with van der Waals surface area (Å²) in [6, 6.07) is 12.3. The van der Waals surface area contributed by atoms with E-state index in [1.165, 1.54) is 4.90 Å². The molecule has 1 aromatic rings. The van der Waals surface area contributed by atoms with E-state index in [0.29, 0.717) is 0 Å². The Labute approximate surface area is 89.9 Å². The molecule has 3 nitrogen and oxygen atoms in total. The van der Waals surface area contributed by atoms with Crippen LogP contribution in [0.2, 0.25) is 0 Å². The minimum Gasteiger partial charge on any atom is -0.370 e. The van der Waals surface area contributed by atoms with Crippen molar-refractivity contribution in [3.8, 4) is 6.07 Å². The van der Waals surface area contributed by atoms with E-state index in [9.17, 15) is 5.26 Å². The van der Waals surface area contributed by atoms with E-state index in [4.69, 9.17) is 4.74 Å². The van der Waals surface area contributed by atoms with Crippen molar-refractivity contribution in [3.63, 3.8) is 0 Å². The maximum absolute atomic E-state index is 9.22. The highest BCUT2D eigenvalue weighted by atomic mass is 16.5. The molecular formula is C12H15N2O+. The van der Waals surface area contributed by atoms with Crippen LogP contribution in [0.3, 0.4) is 0 Å². The van der Waals surface area contributed by atoms with Crippen molar-refractivity contribution in [1.29, 1.82) is 5.26 Å². The standard InChI is InChI=1S/C12H14N2O/c13-10-12(11-4-2-1-3-5-11)14-6-8-15-9-7-14/h1-5,12H,6-9H2/p+1/t12-/m1/s1. The number of nitrogens with one attached hydrogen (secondary N) is 1. The third-order valence-corrected chi connectivity index (χ3v) is 2.81. The quantitative estimate of drug-likeness (QED) is 0.744. The molecule has 1 aliphatic rings. The van der Waals surface area contributed by atoms with Crippen molar-refractivity contribution >= 4 is 0 Å². The molecule has 1 atom stereocenters. The highest BCUT2D eigenvalue weighted by molar-refractivity contribution is 5.21. The van der Waals surface area contributed by atoms with Crippen LogP contribution in [0.4, 0.5) is 0 Å². The van der Waals surface area contributed by atoms with E-state index in [0.717, 1.165) is 31.9 Å². The lowest BCUT2D eigenvalue weighted by molar-refractivity contribution is -0.930. The summed E-state index contributed by atoms with van der Waals surface area (Å²) in [4.78, 5) is 1.31. The normalized spacial score (nSPS) is 19.4. The molecule has 1 N–H and O–H groups in total. The number of quaternary nitrogens is 1. The van der Waals surface area contributed by atoms with E-state index in [1.54, 1.807) is 0 Å². The first kappa shape index (κ1) is 10.2. The van der Waals surface area contributed by atoms with Crippen molar-refractivity contribution in [1.82, 2.24) is 0 Å². The number of rotatable bonds is 2. The first-order valence-electron chi connectivity index (χ1n) is 5.28. The summed E-state index contributed by atoms with van der Waals surface area (Å²) >= 11 is 0. The summed E-state index contributed by atoms with van der Waals surface area (Å²) < 4.78 is 5.30. The zero-order valence-corrected chi connectivity index (χ0v) is 8.65. The average molecular weight is 203 g/mol. The molecule has 0 bridgehead atoms. The smallest absolute Gasteiger partial charge is 0.200 e. The van der Waals surface area contributed by atoms with Gasteiger partial charge in [0.25, 0.3) is 0 Å². The Hall–Kier alpha value is -1.37. The van der Waals surface area contributed by atoms with Crippen molar-refractivity contribution in [2.45, 2.75) is 6.04 Å². The van der Waals surface area contributed by atoms with Gasteiger partial charge in [-0.2, -0.15) is 5.26 Å². The number of hydrogen-bond acceptors (Lipinski definition) is 2. The number of nitrogens with zero attached hydrogens (tertiary/aromatic N) is 1. The van der Waals surface area contributed by atoms with Gasteiger partial charge in [-0.25, -0.2) is 0 Å². The molecule has 0 saturated carbocycles. The van der Waals surface area contributed by atoms with Crippen LogP contribution in [-0.2, 0) is 4.74 Å². The van der Waals surface area contributed by atoms with Gasteiger partial charge in [-0.05, 0) is 0 Å². The lowest BCUT2D eigenvalue weighted by atomic mass is 10.1. The Balaban J connectivity index is 2.14. The van der Waals surface area contributed by atoms with Gasteiger partial charge in [0.1, 0.15) is 19.2 Å². The molecule has 15 heavy (non-hydrogen) atoms. The van der Waals surface area contributed by atoms with Gasteiger partial charge in [0.2, 0.25) is 6.04 Å². The molecule has 3 heteroatoms. The highest BCUT2D eigenvalue weighted by Gasteiger charge is 2.25. The Morgan fingerprint density at radius 3 is 2.47 bits per heavy atom. The Bertz CT molecular complexity index is 338. The number of ether oxygens (including phenoxy) is 1. The molecule has 0 radical (unpaired) electrons. The van der Waals surface area contributed by atoms with E-state index in [1.807, 2.05) is 30.3 Å². The summed E-state index contributed by atoms with van der Waals surface area (Å²) in [6.45, 7) is 3.38. The summed E-state index contributed by atoms with van der Waals surface area (Å²) in [5, 5.41) is 9.22. The van der Waals surface area contributed by atoms with Crippen molar-refractivity contribution in [3.05, 3.63) is 35.9 Å². The fourth-order valence-electron chi connectivity index (χ4n) is 1.97. The predicted octanol–water partition coefficient (Wildman–Crippen LogP) is 0.166. The summed E-state index contributed by atoms with van der Waals surface area (Å²) in [7, 11) is 0. The van der Waals surface area contributed by atoms with Crippen LogP contribution in [0.15, 0.2) is 30.3 Å².